The Morgan fingerprint density at radius 2 is 1.35 bits per heavy atom. The Bertz CT molecular complexity index is 1000. The Morgan fingerprint density at radius 3 is 1.81 bits per heavy atom. The van der Waals surface area contributed by atoms with Crippen molar-refractivity contribution in [2.75, 3.05) is 19.7 Å². The molecule has 0 aromatic heterocycles. The fourth-order valence-corrected chi connectivity index (χ4v) is 5.63. The highest BCUT2D eigenvalue weighted by Crippen LogP contribution is 2.24. The highest BCUT2D eigenvalue weighted by Gasteiger charge is 2.47. The molecular formula is C36H68N4O12. The minimum absolute atomic E-state index is 0.0213. The highest BCUT2D eigenvalue weighted by atomic mass is 16.6. The number of carbonyl (C=O) groups is 5. The highest BCUT2D eigenvalue weighted by molar-refractivity contribution is 5.77. The zero-order valence-electron chi connectivity index (χ0n) is 31.6. The Labute approximate surface area is 309 Å². The lowest BCUT2D eigenvalue weighted by Crippen LogP contribution is -2.65. The summed E-state index contributed by atoms with van der Waals surface area (Å²) in [5.74, 6) is -3.51. The number of aliphatic carboxylic acids is 2. The maximum absolute atomic E-state index is 12.3. The van der Waals surface area contributed by atoms with E-state index in [1.54, 1.807) is 6.92 Å². The number of carboxylic acid groups (broad SMARTS) is 2. The lowest BCUT2D eigenvalue weighted by Gasteiger charge is -2.43. The lowest BCUT2D eigenvalue weighted by atomic mass is 9.96. The second kappa shape index (κ2) is 30.6. The molecule has 10 N–H and O–H groups in total. The number of carboxylic acids is 2. The van der Waals surface area contributed by atoms with Crippen LogP contribution in [0.1, 0.15) is 136 Å². The molecule has 0 aliphatic carbocycles. The number of unbranched alkanes of at least 4 members (excludes halogenated alkanes) is 14. The smallest absolute Gasteiger partial charge is 0.320 e. The molecule has 1 fully saturated rings. The van der Waals surface area contributed by atoms with Gasteiger partial charge in [-0.25, -0.2) is 0 Å². The monoisotopic (exact) mass is 748 g/mol. The van der Waals surface area contributed by atoms with Crippen molar-refractivity contribution in [3.63, 3.8) is 0 Å². The van der Waals surface area contributed by atoms with Crippen LogP contribution in [0.15, 0.2) is 0 Å². The lowest BCUT2D eigenvalue weighted by molar-refractivity contribution is -0.268. The van der Waals surface area contributed by atoms with E-state index in [-0.39, 0.29) is 39.0 Å². The van der Waals surface area contributed by atoms with Crippen molar-refractivity contribution in [1.29, 1.82) is 0 Å². The van der Waals surface area contributed by atoms with Crippen LogP contribution in [0, 0.1) is 0 Å². The van der Waals surface area contributed by atoms with Gasteiger partial charge in [0.1, 0.15) is 37.0 Å². The van der Waals surface area contributed by atoms with E-state index in [0.29, 0.717) is 0 Å². The zero-order valence-corrected chi connectivity index (χ0v) is 31.6. The molecule has 0 radical (unpaired) electrons. The summed E-state index contributed by atoms with van der Waals surface area (Å²) in [4.78, 5) is 54.8. The largest absolute Gasteiger partial charge is 0.480 e. The number of ether oxygens (including phenoxy) is 3. The molecule has 1 aliphatic rings. The third kappa shape index (κ3) is 26.0. The van der Waals surface area contributed by atoms with Gasteiger partial charge in [0.25, 0.3) is 0 Å². The van der Waals surface area contributed by atoms with Gasteiger partial charge in [-0.3, -0.25) is 24.0 Å². The molecule has 0 bridgehead atoms. The summed E-state index contributed by atoms with van der Waals surface area (Å²) in [6, 6.07) is -2.04. The molecule has 16 nitrogen and oxygen atoms in total. The van der Waals surface area contributed by atoms with E-state index in [1.165, 1.54) is 84.0 Å². The standard InChI is InChI=1S/C31H58N2O9.C5H10N2O3/c1-4-5-6-7-8-9-10-11-12-13-14-15-16-17-18-19-27(37)40-22-25-29(38)30(28(31(39)42-25)33-24(3)34)41-23(2)20-32-21-26(35)36;6-3(5(9)10)1-2-4(7)8/h23,25,28-32,38-39H,4-22H2,1-3H3,(H,33,34)(H,35,36);3H,1-2,6H2,(H2,7,8)(H,9,10)/t23?,25-,28-,29-,30-,31+;3-/m11/s1. The zero-order chi connectivity index (χ0) is 39.3. The van der Waals surface area contributed by atoms with E-state index < -0.39 is 72.5 Å². The van der Waals surface area contributed by atoms with Crippen molar-refractivity contribution in [2.45, 2.75) is 179 Å². The summed E-state index contributed by atoms with van der Waals surface area (Å²) >= 11 is 0. The van der Waals surface area contributed by atoms with Crippen molar-refractivity contribution >= 4 is 29.7 Å². The van der Waals surface area contributed by atoms with Crippen LogP contribution in [0.4, 0.5) is 0 Å². The molecule has 0 spiro atoms. The third-order valence-electron chi connectivity index (χ3n) is 8.57. The Kier molecular flexibility index (Phi) is 28.9. The molecule has 1 heterocycles. The number of nitrogens with one attached hydrogen (secondary N) is 2. The number of esters is 1. The van der Waals surface area contributed by atoms with Crippen molar-refractivity contribution < 1.29 is 58.6 Å². The number of hydrogen-bond donors (Lipinski definition) is 8. The topological polar surface area (TPSA) is 270 Å². The fourth-order valence-electron chi connectivity index (χ4n) is 5.63. The predicted molar refractivity (Wildman–Crippen MR) is 194 cm³/mol. The number of rotatable bonds is 29. The van der Waals surface area contributed by atoms with Crippen LogP contribution in [0.3, 0.4) is 0 Å². The maximum Gasteiger partial charge on any atom is 0.320 e. The van der Waals surface area contributed by atoms with Crippen molar-refractivity contribution in [3.05, 3.63) is 0 Å². The Balaban J connectivity index is 0.00000225. The predicted octanol–water partition coefficient (Wildman–Crippen LogP) is 2.49. The second-order valence-electron chi connectivity index (χ2n) is 13.6. The average Bonchev–Trinajstić information content (AvgIpc) is 3.07. The molecule has 0 saturated carbocycles. The quantitative estimate of drug-likeness (QED) is 0.0404. The molecular weight excluding hydrogens is 680 g/mol. The van der Waals surface area contributed by atoms with Crippen LogP contribution in [0.25, 0.3) is 0 Å². The first-order valence-electron chi connectivity index (χ1n) is 19.0. The van der Waals surface area contributed by atoms with Gasteiger partial charge in [0.15, 0.2) is 6.29 Å². The van der Waals surface area contributed by atoms with Crippen LogP contribution in [0.2, 0.25) is 0 Å². The molecule has 16 heteroatoms. The number of primary amides is 1. The van der Waals surface area contributed by atoms with E-state index in [0.717, 1.165) is 19.3 Å². The second-order valence-corrected chi connectivity index (χ2v) is 13.6. The normalized spacial score (nSPS) is 20.9. The number of nitrogens with two attached hydrogens (primary N) is 2. The molecule has 7 atom stereocenters. The van der Waals surface area contributed by atoms with Crippen LogP contribution < -0.4 is 22.1 Å². The summed E-state index contributed by atoms with van der Waals surface area (Å²) < 4.78 is 16.6. The van der Waals surface area contributed by atoms with Gasteiger partial charge in [-0.1, -0.05) is 96.8 Å². The Morgan fingerprint density at radius 1 is 0.827 bits per heavy atom. The fraction of sp³-hybridized carbons (Fsp3) is 0.861. The summed E-state index contributed by atoms with van der Waals surface area (Å²) in [5.41, 5.74) is 9.81. The van der Waals surface area contributed by atoms with Gasteiger partial charge in [0.2, 0.25) is 11.8 Å². The van der Waals surface area contributed by atoms with Gasteiger partial charge >= 0.3 is 17.9 Å². The summed E-state index contributed by atoms with van der Waals surface area (Å²) in [7, 11) is 0. The van der Waals surface area contributed by atoms with E-state index in [4.69, 9.17) is 35.9 Å². The van der Waals surface area contributed by atoms with Crippen molar-refractivity contribution in [3.8, 4) is 0 Å². The summed E-state index contributed by atoms with van der Waals surface area (Å²) in [6.45, 7) is 4.81. The molecule has 0 aromatic rings. The maximum atomic E-state index is 12.3. The van der Waals surface area contributed by atoms with E-state index in [1.807, 2.05) is 0 Å². The first-order chi connectivity index (χ1) is 24.7. The Hall–Kier alpha value is -2.89. The van der Waals surface area contributed by atoms with Gasteiger partial charge in [-0.2, -0.15) is 0 Å². The van der Waals surface area contributed by atoms with Crippen molar-refractivity contribution in [1.82, 2.24) is 10.6 Å². The third-order valence-corrected chi connectivity index (χ3v) is 8.57. The van der Waals surface area contributed by atoms with Gasteiger partial charge in [-0.05, 0) is 19.8 Å². The SMILES string of the molecule is CCCCCCCCCCCCCCCCCC(=O)OC[C@H]1O[C@H](O)[C@H](NC(C)=O)[C@@H](OC(C)CNCC(=O)O)[C@@H]1O.NC(=O)CC[C@@H](N)C(=O)O. The molecule has 1 rings (SSSR count). The number of carbonyl (C=O) groups excluding carboxylic acids is 3. The molecule has 1 aliphatic heterocycles. The number of aliphatic hydroxyl groups is 2. The van der Waals surface area contributed by atoms with Gasteiger partial charge < -0.3 is 56.7 Å². The molecule has 52 heavy (non-hydrogen) atoms. The first-order valence-corrected chi connectivity index (χ1v) is 19.0. The van der Waals surface area contributed by atoms with Crippen LogP contribution >= 0.6 is 0 Å². The molecule has 2 amide bonds. The van der Waals surface area contributed by atoms with Crippen LogP contribution in [0.5, 0.6) is 0 Å². The van der Waals surface area contributed by atoms with Gasteiger partial charge in [0, 0.05) is 26.3 Å². The first kappa shape index (κ1) is 49.1. The van der Waals surface area contributed by atoms with Crippen molar-refractivity contribution in [2.24, 2.45) is 11.5 Å². The molecule has 1 unspecified atom stereocenters. The summed E-state index contributed by atoms with van der Waals surface area (Å²) in [6.07, 6.45) is 13.5. The number of aliphatic hydroxyl groups excluding tert-OH is 2. The van der Waals surface area contributed by atoms with E-state index >= 15 is 0 Å². The minimum Gasteiger partial charge on any atom is -0.480 e. The molecule has 304 valence electrons. The molecule has 0 aromatic carbocycles. The molecule has 1 saturated heterocycles. The van der Waals surface area contributed by atoms with E-state index in [9.17, 15) is 34.2 Å². The minimum atomic E-state index is -1.50. The number of amides is 2. The van der Waals surface area contributed by atoms with Gasteiger partial charge in [0.05, 0.1) is 12.6 Å². The van der Waals surface area contributed by atoms with Gasteiger partial charge in [-0.15, -0.1) is 0 Å². The number of hydrogen-bond acceptors (Lipinski definition) is 12. The summed E-state index contributed by atoms with van der Waals surface area (Å²) in [5, 5.41) is 43.6. The average molecular weight is 749 g/mol. The van der Waals surface area contributed by atoms with Crippen LogP contribution in [-0.2, 0) is 38.2 Å². The van der Waals surface area contributed by atoms with E-state index in [2.05, 4.69) is 17.6 Å². The van der Waals surface area contributed by atoms with Crippen LogP contribution in [-0.4, -0.2) is 113 Å².